The maximum atomic E-state index is 14.0. The van der Waals surface area contributed by atoms with Crippen LogP contribution < -0.4 is 10.6 Å². The highest BCUT2D eigenvalue weighted by Gasteiger charge is 2.15. The largest absolute Gasteiger partial charge is 0.339 e. The van der Waals surface area contributed by atoms with Gasteiger partial charge in [-0.25, -0.2) is 8.78 Å². The molecule has 4 heteroatoms. The van der Waals surface area contributed by atoms with Gasteiger partial charge < -0.3 is 10.6 Å². The van der Waals surface area contributed by atoms with Crippen molar-refractivity contribution < 1.29 is 8.78 Å². The van der Waals surface area contributed by atoms with Crippen LogP contribution in [-0.4, -0.2) is 13.1 Å². The van der Waals surface area contributed by atoms with E-state index in [1.807, 2.05) is 11.8 Å². The van der Waals surface area contributed by atoms with E-state index in [-0.39, 0.29) is 11.6 Å². The first-order chi connectivity index (χ1) is 9.67. The van der Waals surface area contributed by atoms with Crippen molar-refractivity contribution in [3.63, 3.8) is 0 Å². The van der Waals surface area contributed by atoms with E-state index in [1.165, 1.54) is 18.2 Å². The van der Waals surface area contributed by atoms with Gasteiger partial charge in [0.05, 0.1) is 5.69 Å². The van der Waals surface area contributed by atoms with E-state index in [1.54, 1.807) is 24.3 Å². The van der Waals surface area contributed by atoms with Gasteiger partial charge in [-0.2, -0.15) is 0 Å². The minimum atomic E-state index is -0.304. The Kier molecular flexibility index (Phi) is 4.69. The third-order valence-electron chi connectivity index (χ3n) is 3.21. The third kappa shape index (κ3) is 2.96. The molecule has 106 valence electrons. The molecule has 0 radical (unpaired) electrons. The molecular weight excluding hydrogens is 258 g/mol. The summed E-state index contributed by atoms with van der Waals surface area (Å²) in [6, 6.07) is 11.1. The van der Waals surface area contributed by atoms with E-state index in [9.17, 15) is 8.78 Å². The Labute approximate surface area is 117 Å². The average molecular weight is 276 g/mol. The van der Waals surface area contributed by atoms with Crippen LogP contribution >= 0.6 is 0 Å². The second kappa shape index (κ2) is 6.48. The van der Waals surface area contributed by atoms with Gasteiger partial charge in [-0.3, -0.25) is 0 Å². The van der Waals surface area contributed by atoms with Crippen LogP contribution in [0.25, 0.3) is 0 Å². The zero-order chi connectivity index (χ0) is 14.5. The second-order valence-corrected chi connectivity index (χ2v) is 4.51. The standard InChI is InChI=1S/C16H18F2N2/c1-2-20(16-6-4-3-5-14(16)18)15-8-7-13(17)11-12(15)9-10-19/h3-8,11H,2,9-10,19H2,1H3. The van der Waals surface area contributed by atoms with Crippen molar-refractivity contribution in [2.45, 2.75) is 13.3 Å². The maximum Gasteiger partial charge on any atom is 0.146 e. The fraction of sp³-hybridized carbons (Fsp3) is 0.250. The highest BCUT2D eigenvalue weighted by atomic mass is 19.1. The Balaban J connectivity index is 2.49. The zero-order valence-corrected chi connectivity index (χ0v) is 11.4. The van der Waals surface area contributed by atoms with Crippen molar-refractivity contribution in [3.05, 3.63) is 59.7 Å². The van der Waals surface area contributed by atoms with Crippen LogP contribution in [0.4, 0.5) is 20.2 Å². The molecule has 0 unspecified atom stereocenters. The van der Waals surface area contributed by atoms with Gasteiger partial charge in [0.25, 0.3) is 0 Å². The number of anilines is 2. The molecule has 0 heterocycles. The van der Waals surface area contributed by atoms with E-state index in [2.05, 4.69) is 0 Å². The van der Waals surface area contributed by atoms with Crippen molar-refractivity contribution in [2.24, 2.45) is 5.73 Å². The highest BCUT2D eigenvalue weighted by Crippen LogP contribution is 2.31. The molecule has 2 nitrogen and oxygen atoms in total. The van der Waals surface area contributed by atoms with Gasteiger partial charge in [0.2, 0.25) is 0 Å². The van der Waals surface area contributed by atoms with Gasteiger partial charge in [0.1, 0.15) is 11.6 Å². The Morgan fingerprint density at radius 2 is 1.80 bits per heavy atom. The van der Waals surface area contributed by atoms with Crippen molar-refractivity contribution in [1.29, 1.82) is 0 Å². The van der Waals surface area contributed by atoms with Crippen molar-refractivity contribution in [3.8, 4) is 0 Å². The second-order valence-electron chi connectivity index (χ2n) is 4.51. The Morgan fingerprint density at radius 3 is 2.45 bits per heavy atom. The Hall–Kier alpha value is -1.94. The lowest BCUT2D eigenvalue weighted by Crippen LogP contribution is -2.20. The molecule has 0 spiro atoms. The van der Waals surface area contributed by atoms with Crippen LogP contribution in [0.5, 0.6) is 0 Å². The number of rotatable bonds is 5. The first-order valence-electron chi connectivity index (χ1n) is 6.68. The molecule has 20 heavy (non-hydrogen) atoms. The van der Waals surface area contributed by atoms with Crippen LogP contribution in [0, 0.1) is 11.6 Å². The van der Waals surface area contributed by atoms with Crippen molar-refractivity contribution >= 4 is 11.4 Å². The number of nitrogens with zero attached hydrogens (tertiary/aromatic N) is 1. The minimum Gasteiger partial charge on any atom is -0.339 e. The van der Waals surface area contributed by atoms with Crippen LogP contribution in [-0.2, 0) is 6.42 Å². The molecular formula is C16H18F2N2. The third-order valence-corrected chi connectivity index (χ3v) is 3.21. The van der Waals surface area contributed by atoms with E-state index in [0.717, 1.165) is 11.3 Å². The predicted molar refractivity (Wildman–Crippen MR) is 78.2 cm³/mol. The average Bonchev–Trinajstić information content (AvgIpc) is 2.44. The lowest BCUT2D eigenvalue weighted by Gasteiger charge is -2.26. The van der Waals surface area contributed by atoms with Crippen LogP contribution in [0.1, 0.15) is 12.5 Å². The molecule has 0 aliphatic rings. The summed E-state index contributed by atoms with van der Waals surface area (Å²) in [7, 11) is 0. The number of hydrogen-bond acceptors (Lipinski definition) is 2. The summed E-state index contributed by atoms with van der Waals surface area (Å²) < 4.78 is 27.4. The summed E-state index contributed by atoms with van der Waals surface area (Å²) in [6.07, 6.45) is 0.554. The lowest BCUT2D eigenvalue weighted by molar-refractivity contribution is 0.622. The molecule has 2 aromatic carbocycles. The quantitative estimate of drug-likeness (QED) is 0.903. The molecule has 0 aliphatic carbocycles. The molecule has 0 aromatic heterocycles. The molecule has 2 rings (SSSR count). The maximum absolute atomic E-state index is 14.0. The molecule has 0 bridgehead atoms. The van der Waals surface area contributed by atoms with Gasteiger partial charge in [0.15, 0.2) is 0 Å². The van der Waals surface area contributed by atoms with E-state index >= 15 is 0 Å². The first-order valence-corrected chi connectivity index (χ1v) is 6.68. The molecule has 0 atom stereocenters. The molecule has 0 amide bonds. The van der Waals surface area contributed by atoms with Crippen LogP contribution in [0.3, 0.4) is 0 Å². The van der Waals surface area contributed by atoms with Crippen LogP contribution in [0.2, 0.25) is 0 Å². The molecule has 0 saturated heterocycles. The Bertz CT molecular complexity index is 584. The smallest absolute Gasteiger partial charge is 0.146 e. The normalized spacial score (nSPS) is 10.6. The first kappa shape index (κ1) is 14.5. The highest BCUT2D eigenvalue weighted by molar-refractivity contribution is 5.67. The number of hydrogen-bond donors (Lipinski definition) is 1. The van der Waals surface area contributed by atoms with Crippen molar-refractivity contribution in [1.82, 2.24) is 0 Å². The van der Waals surface area contributed by atoms with E-state index < -0.39 is 0 Å². The lowest BCUT2D eigenvalue weighted by atomic mass is 10.1. The summed E-state index contributed by atoms with van der Waals surface area (Å²) in [5.41, 5.74) is 7.65. The molecule has 0 aliphatic heterocycles. The SMILES string of the molecule is CCN(c1ccccc1F)c1ccc(F)cc1CCN. The summed E-state index contributed by atoms with van der Waals surface area (Å²) >= 11 is 0. The van der Waals surface area contributed by atoms with Crippen molar-refractivity contribution in [2.75, 3.05) is 18.0 Å². The summed E-state index contributed by atoms with van der Waals surface area (Å²) in [5, 5.41) is 0. The van der Waals surface area contributed by atoms with Gasteiger partial charge in [-0.15, -0.1) is 0 Å². The number of para-hydroxylation sites is 1. The number of benzene rings is 2. The number of nitrogens with two attached hydrogens (primary N) is 1. The van der Waals surface area contributed by atoms with E-state index in [4.69, 9.17) is 5.73 Å². The molecule has 2 aromatic rings. The van der Waals surface area contributed by atoms with Gasteiger partial charge in [0, 0.05) is 12.2 Å². The Morgan fingerprint density at radius 1 is 1.05 bits per heavy atom. The zero-order valence-electron chi connectivity index (χ0n) is 11.4. The molecule has 0 saturated carbocycles. The summed E-state index contributed by atoms with van der Waals surface area (Å²) in [4.78, 5) is 1.83. The predicted octanol–water partition coefficient (Wildman–Crippen LogP) is 3.62. The summed E-state index contributed by atoms with van der Waals surface area (Å²) in [6.45, 7) is 2.94. The van der Waals surface area contributed by atoms with Gasteiger partial charge in [-0.05, 0) is 55.8 Å². The fourth-order valence-electron chi connectivity index (χ4n) is 2.31. The molecule has 0 fully saturated rings. The monoisotopic (exact) mass is 276 g/mol. The topological polar surface area (TPSA) is 29.3 Å². The number of halogens is 2. The van der Waals surface area contributed by atoms with Gasteiger partial charge >= 0.3 is 0 Å². The summed E-state index contributed by atoms with van der Waals surface area (Å²) in [5.74, 6) is -0.598. The van der Waals surface area contributed by atoms with E-state index in [0.29, 0.717) is 25.2 Å². The van der Waals surface area contributed by atoms with Crippen LogP contribution in [0.15, 0.2) is 42.5 Å². The fourth-order valence-corrected chi connectivity index (χ4v) is 2.31. The molecule has 2 N–H and O–H groups in total. The van der Waals surface area contributed by atoms with Gasteiger partial charge in [-0.1, -0.05) is 12.1 Å². The minimum absolute atomic E-state index is 0.294.